The molecule has 15 heavy (non-hydrogen) atoms. The molecular weight excluding hydrogens is 190 g/mol. The summed E-state index contributed by atoms with van der Waals surface area (Å²) in [6.45, 7) is 6.29. The summed E-state index contributed by atoms with van der Waals surface area (Å²) in [7, 11) is 0. The standard InChI is InChI=1S/C11H13N3O/c1-4-14-11-10(6-13-14)7(2)9(5-12-11)8(3)15/h5-6H,4H2,1-3H3. The molecule has 0 saturated heterocycles. The fourth-order valence-electron chi connectivity index (χ4n) is 1.73. The van der Waals surface area contributed by atoms with Crippen LogP contribution in [0.4, 0.5) is 0 Å². The second-order valence-electron chi connectivity index (χ2n) is 3.55. The maximum atomic E-state index is 11.3. The van der Waals surface area contributed by atoms with Crippen molar-refractivity contribution < 1.29 is 4.79 Å². The third-order valence-corrected chi connectivity index (χ3v) is 2.61. The highest BCUT2D eigenvalue weighted by molar-refractivity contribution is 5.99. The van der Waals surface area contributed by atoms with Crippen molar-refractivity contribution in [3.63, 3.8) is 0 Å². The molecule has 0 radical (unpaired) electrons. The molecule has 2 heterocycles. The summed E-state index contributed by atoms with van der Waals surface area (Å²) in [5.41, 5.74) is 2.49. The van der Waals surface area contributed by atoms with Crippen LogP contribution in [0, 0.1) is 6.92 Å². The normalized spacial score (nSPS) is 10.9. The van der Waals surface area contributed by atoms with Crippen LogP contribution in [-0.2, 0) is 6.54 Å². The van der Waals surface area contributed by atoms with Gasteiger partial charge in [0.2, 0.25) is 0 Å². The molecule has 78 valence electrons. The van der Waals surface area contributed by atoms with Gasteiger partial charge in [0.25, 0.3) is 0 Å². The first-order chi connectivity index (χ1) is 7.15. The lowest BCUT2D eigenvalue weighted by Crippen LogP contribution is -2.01. The van der Waals surface area contributed by atoms with E-state index < -0.39 is 0 Å². The van der Waals surface area contributed by atoms with E-state index in [2.05, 4.69) is 10.1 Å². The summed E-state index contributed by atoms with van der Waals surface area (Å²) in [5, 5.41) is 5.18. The minimum absolute atomic E-state index is 0.0474. The molecule has 4 nitrogen and oxygen atoms in total. The summed E-state index contributed by atoms with van der Waals surface area (Å²) >= 11 is 0. The Morgan fingerprint density at radius 3 is 2.80 bits per heavy atom. The minimum Gasteiger partial charge on any atom is -0.294 e. The third-order valence-electron chi connectivity index (χ3n) is 2.61. The molecule has 0 saturated carbocycles. The highest BCUT2D eigenvalue weighted by Crippen LogP contribution is 2.19. The number of carbonyl (C=O) groups is 1. The van der Waals surface area contributed by atoms with E-state index in [0.717, 1.165) is 23.1 Å². The van der Waals surface area contributed by atoms with Gasteiger partial charge in [-0.3, -0.25) is 4.79 Å². The van der Waals surface area contributed by atoms with Crippen molar-refractivity contribution in [3.05, 3.63) is 23.5 Å². The molecule has 0 atom stereocenters. The van der Waals surface area contributed by atoms with Gasteiger partial charge in [-0.15, -0.1) is 0 Å². The van der Waals surface area contributed by atoms with E-state index in [0.29, 0.717) is 5.56 Å². The van der Waals surface area contributed by atoms with Crippen LogP contribution >= 0.6 is 0 Å². The number of carbonyl (C=O) groups excluding carboxylic acids is 1. The molecule has 0 bridgehead atoms. The highest BCUT2D eigenvalue weighted by Gasteiger charge is 2.11. The zero-order valence-corrected chi connectivity index (χ0v) is 9.11. The van der Waals surface area contributed by atoms with Crippen molar-refractivity contribution in [2.75, 3.05) is 0 Å². The highest BCUT2D eigenvalue weighted by atomic mass is 16.1. The molecule has 0 aliphatic rings. The number of Topliss-reactive ketones (excluding diaryl/α,β-unsaturated/α-hetero) is 1. The van der Waals surface area contributed by atoms with E-state index >= 15 is 0 Å². The number of fused-ring (bicyclic) bond motifs is 1. The first kappa shape index (κ1) is 9.83. The molecule has 0 unspecified atom stereocenters. The van der Waals surface area contributed by atoms with Crippen LogP contribution in [-0.4, -0.2) is 20.5 Å². The van der Waals surface area contributed by atoms with Crippen molar-refractivity contribution in [2.24, 2.45) is 0 Å². The molecule has 0 fully saturated rings. The van der Waals surface area contributed by atoms with Gasteiger partial charge in [0.1, 0.15) is 0 Å². The van der Waals surface area contributed by atoms with Crippen LogP contribution in [0.15, 0.2) is 12.4 Å². The smallest absolute Gasteiger partial charge is 0.161 e. The van der Waals surface area contributed by atoms with Gasteiger partial charge < -0.3 is 0 Å². The number of aromatic nitrogens is 3. The van der Waals surface area contributed by atoms with Crippen LogP contribution in [0.1, 0.15) is 29.8 Å². The zero-order chi connectivity index (χ0) is 11.0. The zero-order valence-electron chi connectivity index (χ0n) is 9.11. The second-order valence-corrected chi connectivity index (χ2v) is 3.55. The Morgan fingerprint density at radius 1 is 1.47 bits per heavy atom. The summed E-state index contributed by atoms with van der Waals surface area (Å²) in [6, 6.07) is 0. The Hall–Kier alpha value is -1.71. The van der Waals surface area contributed by atoms with Crippen molar-refractivity contribution in [1.29, 1.82) is 0 Å². The molecule has 0 amide bonds. The number of hydrogen-bond donors (Lipinski definition) is 0. The van der Waals surface area contributed by atoms with Crippen molar-refractivity contribution >= 4 is 16.8 Å². The molecule has 0 spiro atoms. The fraction of sp³-hybridized carbons (Fsp3) is 0.364. The molecule has 0 aliphatic heterocycles. The van der Waals surface area contributed by atoms with E-state index in [4.69, 9.17) is 0 Å². The Bertz CT molecular complexity index is 528. The number of rotatable bonds is 2. The predicted molar refractivity (Wildman–Crippen MR) is 57.9 cm³/mol. The fourth-order valence-corrected chi connectivity index (χ4v) is 1.73. The summed E-state index contributed by atoms with van der Waals surface area (Å²) in [6.07, 6.45) is 3.40. The van der Waals surface area contributed by atoms with Gasteiger partial charge in [0.05, 0.1) is 6.20 Å². The van der Waals surface area contributed by atoms with E-state index in [9.17, 15) is 4.79 Å². The Balaban J connectivity index is 2.75. The lowest BCUT2D eigenvalue weighted by molar-refractivity contribution is 0.101. The third kappa shape index (κ3) is 1.42. The quantitative estimate of drug-likeness (QED) is 0.701. The maximum Gasteiger partial charge on any atom is 0.161 e. The number of aryl methyl sites for hydroxylation is 2. The van der Waals surface area contributed by atoms with Crippen LogP contribution in [0.3, 0.4) is 0 Å². The predicted octanol–water partition coefficient (Wildman–Crippen LogP) is 1.96. The minimum atomic E-state index is 0.0474. The van der Waals surface area contributed by atoms with Crippen LogP contribution in [0.5, 0.6) is 0 Å². The first-order valence-corrected chi connectivity index (χ1v) is 4.97. The van der Waals surface area contributed by atoms with E-state index in [-0.39, 0.29) is 5.78 Å². The van der Waals surface area contributed by atoms with Gasteiger partial charge in [-0.05, 0) is 26.3 Å². The summed E-state index contributed by atoms with van der Waals surface area (Å²) < 4.78 is 1.83. The van der Waals surface area contributed by atoms with E-state index in [1.165, 1.54) is 0 Å². The molecule has 4 heteroatoms. The van der Waals surface area contributed by atoms with Gasteiger partial charge in [0, 0.05) is 23.7 Å². The Kier molecular flexibility index (Phi) is 2.26. The molecule has 0 N–H and O–H groups in total. The van der Waals surface area contributed by atoms with Crippen LogP contribution in [0.25, 0.3) is 11.0 Å². The first-order valence-electron chi connectivity index (χ1n) is 4.97. The van der Waals surface area contributed by atoms with Gasteiger partial charge >= 0.3 is 0 Å². The number of hydrogen-bond acceptors (Lipinski definition) is 3. The number of pyridine rings is 1. The van der Waals surface area contributed by atoms with Crippen LogP contribution in [0.2, 0.25) is 0 Å². The van der Waals surface area contributed by atoms with Gasteiger partial charge in [0.15, 0.2) is 11.4 Å². The lowest BCUT2D eigenvalue weighted by atomic mass is 10.1. The van der Waals surface area contributed by atoms with Gasteiger partial charge in [-0.25, -0.2) is 9.67 Å². The number of ketones is 1. The molecular formula is C11H13N3O. The average Bonchev–Trinajstić information content (AvgIpc) is 2.61. The second kappa shape index (κ2) is 3.46. The van der Waals surface area contributed by atoms with E-state index in [1.54, 1.807) is 19.3 Å². The topological polar surface area (TPSA) is 47.8 Å². The molecule has 2 aromatic heterocycles. The molecule has 2 rings (SSSR count). The summed E-state index contributed by atoms with van der Waals surface area (Å²) in [4.78, 5) is 15.6. The maximum absolute atomic E-state index is 11.3. The van der Waals surface area contributed by atoms with Gasteiger partial charge in [-0.2, -0.15) is 5.10 Å². The SMILES string of the molecule is CCn1ncc2c(C)c(C(C)=O)cnc21. The van der Waals surface area contributed by atoms with Crippen LogP contribution < -0.4 is 0 Å². The summed E-state index contributed by atoms with van der Waals surface area (Å²) in [5.74, 6) is 0.0474. The Morgan fingerprint density at radius 2 is 2.20 bits per heavy atom. The number of nitrogens with zero attached hydrogens (tertiary/aromatic N) is 3. The van der Waals surface area contributed by atoms with Crippen molar-refractivity contribution in [3.8, 4) is 0 Å². The largest absolute Gasteiger partial charge is 0.294 e. The Labute approximate surface area is 87.9 Å². The van der Waals surface area contributed by atoms with E-state index in [1.807, 2.05) is 18.5 Å². The monoisotopic (exact) mass is 203 g/mol. The molecule has 0 aliphatic carbocycles. The van der Waals surface area contributed by atoms with Crippen molar-refractivity contribution in [1.82, 2.24) is 14.8 Å². The molecule has 2 aromatic rings. The molecule has 0 aromatic carbocycles. The average molecular weight is 203 g/mol. The lowest BCUT2D eigenvalue weighted by Gasteiger charge is -2.03. The van der Waals surface area contributed by atoms with Gasteiger partial charge in [-0.1, -0.05) is 0 Å². The van der Waals surface area contributed by atoms with Crippen molar-refractivity contribution in [2.45, 2.75) is 27.3 Å².